The molecule has 0 spiro atoms. The Balaban J connectivity index is 1.62. The molecule has 0 aromatic carbocycles. The van der Waals surface area contributed by atoms with Crippen LogP contribution in [0.15, 0.2) is 22.3 Å². The second-order valence-electron chi connectivity index (χ2n) is 9.03. The molecular weight excluding hydrogens is 296 g/mol. The SMILES string of the molecule is O=C(O)C1CC2=C3CCCC3CCC2C2=C1C1CCCCC1CC2. The summed E-state index contributed by atoms with van der Waals surface area (Å²) in [5.74, 6) is 2.11. The second kappa shape index (κ2) is 5.75. The van der Waals surface area contributed by atoms with Crippen molar-refractivity contribution in [3.8, 4) is 0 Å². The topological polar surface area (TPSA) is 37.3 Å². The molecule has 2 heteroatoms. The van der Waals surface area contributed by atoms with Crippen molar-refractivity contribution in [2.45, 2.75) is 77.0 Å². The number of hydrogen-bond acceptors (Lipinski definition) is 1. The van der Waals surface area contributed by atoms with Gasteiger partial charge in [0, 0.05) is 5.92 Å². The lowest BCUT2D eigenvalue weighted by Crippen LogP contribution is -2.39. The number of hydrogen-bond donors (Lipinski definition) is 1. The van der Waals surface area contributed by atoms with Crippen molar-refractivity contribution >= 4 is 5.97 Å². The van der Waals surface area contributed by atoms with Crippen molar-refractivity contribution in [2.24, 2.45) is 29.6 Å². The Morgan fingerprint density at radius 3 is 2.58 bits per heavy atom. The minimum Gasteiger partial charge on any atom is -0.481 e. The van der Waals surface area contributed by atoms with E-state index in [1.54, 1.807) is 16.7 Å². The maximum atomic E-state index is 12.2. The largest absolute Gasteiger partial charge is 0.481 e. The zero-order valence-corrected chi connectivity index (χ0v) is 14.7. The lowest BCUT2D eigenvalue weighted by atomic mass is 9.56. The van der Waals surface area contributed by atoms with Crippen LogP contribution in [-0.4, -0.2) is 11.1 Å². The van der Waals surface area contributed by atoms with Crippen molar-refractivity contribution < 1.29 is 9.90 Å². The molecule has 24 heavy (non-hydrogen) atoms. The average molecular weight is 326 g/mol. The molecule has 0 radical (unpaired) electrons. The Kier molecular flexibility index (Phi) is 3.64. The quantitative estimate of drug-likeness (QED) is 0.646. The van der Waals surface area contributed by atoms with Gasteiger partial charge < -0.3 is 5.11 Å². The van der Waals surface area contributed by atoms with E-state index in [1.807, 2.05) is 0 Å². The third kappa shape index (κ3) is 2.17. The highest BCUT2D eigenvalue weighted by Crippen LogP contribution is 2.57. The standard InChI is InChI=1S/C22H30O2/c23-22(24)20-12-19-15-7-3-5-13(15)8-10-17(19)18-11-9-14-4-1-2-6-16(14)21(18)20/h13-14,16-17,20H,1-12H2,(H,23,24). The van der Waals surface area contributed by atoms with Crippen LogP contribution in [0.1, 0.15) is 77.0 Å². The van der Waals surface area contributed by atoms with Gasteiger partial charge in [0.05, 0.1) is 5.92 Å². The number of carbonyl (C=O) groups is 1. The number of allylic oxidation sites excluding steroid dienone is 3. The second-order valence-corrected chi connectivity index (χ2v) is 9.03. The molecule has 1 N–H and O–H groups in total. The highest BCUT2D eigenvalue weighted by Gasteiger charge is 2.47. The fraction of sp³-hybridized carbons (Fsp3) is 0.773. The maximum Gasteiger partial charge on any atom is 0.310 e. The molecule has 5 aliphatic carbocycles. The molecule has 2 nitrogen and oxygen atoms in total. The minimum atomic E-state index is -0.541. The molecule has 0 aromatic rings. The van der Waals surface area contributed by atoms with Crippen molar-refractivity contribution in [1.82, 2.24) is 0 Å². The molecule has 0 aromatic heterocycles. The van der Waals surface area contributed by atoms with Crippen molar-refractivity contribution in [3.05, 3.63) is 22.3 Å². The van der Waals surface area contributed by atoms with Crippen LogP contribution in [0.2, 0.25) is 0 Å². The van der Waals surface area contributed by atoms with E-state index in [-0.39, 0.29) is 5.92 Å². The highest BCUT2D eigenvalue weighted by atomic mass is 16.4. The fourth-order valence-electron chi connectivity index (χ4n) is 7.18. The molecular formula is C22H30O2. The monoisotopic (exact) mass is 326 g/mol. The average Bonchev–Trinajstić information content (AvgIpc) is 3.09. The zero-order valence-electron chi connectivity index (χ0n) is 14.7. The summed E-state index contributed by atoms with van der Waals surface area (Å²) in [6, 6.07) is 0. The molecule has 0 bridgehead atoms. The van der Waals surface area contributed by atoms with Crippen molar-refractivity contribution in [3.63, 3.8) is 0 Å². The summed E-state index contributed by atoms with van der Waals surface area (Å²) in [5.41, 5.74) is 6.35. The molecule has 2 fully saturated rings. The Morgan fingerprint density at radius 2 is 1.71 bits per heavy atom. The maximum absolute atomic E-state index is 12.2. The summed E-state index contributed by atoms with van der Waals surface area (Å²) in [7, 11) is 0. The Hall–Kier alpha value is -1.05. The first-order chi connectivity index (χ1) is 11.7. The van der Waals surface area contributed by atoms with Crippen LogP contribution in [0, 0.1) is 29.6 Å². The number of fused-ring (bicyclic) bond motifs is 5. The van der Waals surface area contributed by atoms with Crippen LogP contribution in [0.4, 0.5) is 0 Å². The first-order valence-corrected chi connectivity index (χ1v) is 10.4. The molecule has 130 valence electrons. The third-order valence-corrected chi connectivity index (χ3v) is 8.11. The van der Waals surface area contributed by atoms with Crippen LogP contribution in [-0.2, 0) is 4.79 Å². The minimum absolute atomic E-state index is 0.191. The number of rotatable bonds is 1. The van der Waals surface area contributed by atoms with Crippen molar-refractivity contribution in [1.29, 1.82) is 0 Å². The summed E-state index contributed by atoms with van der Waals surface area (Å²) < 4.78 is 0. The van der Waals surface area contributed by atoms with Gasteiger partial charge in [0.2, 0.25) is 0 Å². The van der Waals surface area contributed by atoms with E-state index in [1.165, 1.54) is 76.2 Å². The third-order valence-electron chi connectivity index (χ3n) is 8.11. The Morgan fingerprint density at radius 1 is 0.833 bits per heavy atom. The number of carboxylic acids is 1. The van der Waals surface area contributed by atoms with Crippen LogP contribution < -0.4 is 0 Å². The molecule has 5 aliphatic rings. The molecule has 0 aliphatic heterocycles. The molecule has 5 atom stereocenters. The Bertz CT molecular complexity index is 626. The van der Waals surface area contributed by atoms with E-state index >= 15 is 0 Å². The molecule has 0 amide bonds. The Labute approximate surface area is 145 Å². The number of carboxylic acid groups (broad SMARTS) is 1. The van der Waals surface area contributed by atoms with Gasteiger partial charge in [0.1, 0.15) is 0 Å². The van der Waals surface area contributed by atoms with Gasteiger partial charge in [-0.15, -0.1) is 0 Å². The molecule has 2 saturated carbocycles. The van der Waals surface area contributed by atoms with E-state index in [9.17, 15) is 9.90 Å². The molecule has 5 unspecified atom stereocenters. The van der Waals surface area contributed by atoms with E-state index in [0.717, 1.165) is 18.3 Å². The summed E-state index contributed by atoms with van der Waals surface area (Å²) >= 11 is 0. The molecule has 0 heterocycles. The molecule has 0 saturated heterocycles. The fourth-order valence-corrected chi connectivity index (χ4v) is 7.18. The van der Waals surface area contributed by atoms with Gasteiger partial charge in [-0.25, -0.2) is 0 Å². The zero-order chi connectivity index (χ0) is 16.3. The van der Waals surface area contributed by atoms with Crippen LogP contribution in [0.5, 0.6) is 0 Å². The van der Waals surface area contributed by atoms with Gasteiger partial charge in [0.15, 0.2) is 0 Å². The van der Waals surface area contributed by atoms with Crippen LogP contribution in [0.25, 0.3) is 0 Å². The smallest absolute Gasteiger partial charge is 0.310 e. The predicted octanol–water partition coefficient (Wildman–Crippen LogP) is 5.49. The van der Waals surface area contributed by atoms with Crippen LogP contribution in [0.3, 0.4) is 0 Å². The summed E-state index contributed by atoms with van der Waals surface area (Å²) in [4.78, 5) is 12.2. The lowest BCUT2D eigenvalue weighted by molar-refractivity contribution is -0.141. The van der Waals surface area contributed by atoms with E-state index in [2.05, 4.69) is 0 Å². The van der Waals surface area contributed by atoms with Gasteiger partial charge in [-0.1, -0.05) is 35.1 Å². The van der Waals surface area contributed by atoms with E-state index in [0.29, 0.717) is 11.8 Å². The lowest BCUT2D eigenvalue weighted by Gasteiger charge is -2.48. The van der Waals surface area contributed by atoms with Crippen LogP contribution >= 0.6 is 0 Å². The van der Waals surface area contributed by atoms with Crippen molar-refractivity contribution in [2.75, 3.05) is 0 Å². The van der Waals surface area contributed by atoms with Gasteiger partial charge >= 0.3 is 5.97 Å². The summed E-state index contributed by atoms with van der Waals surface area (Å²) in [6.07, 6.45) is 15.3. The summed E-state index contributed by atoms with van der Waals surface area (Å²) in [5, 5.41) is 10.0. The first kappa shape index (κ1) is 15.2. The van der Waals surface area contributed by atoms with E-state index in [4.69, 9.17) is 0 Å². The van der Waals surface area contributed by atoms with Gasteiger partial charge in [-0.05, 0) is 82.0 Å². The highest BCUT2D eigenvalue weighted by molar-refractivity contribution is 5.76. The van der Waals surface area contributed by atoms with Gasteiger partial charge in [0.25, 0.3) is 0 Å². The van der Waals surface area contributed by atoms with E-state index < -0.39 is 5.97 Å². The van der Waals surface area contributed by atoms with Gasteiger partial charge in [-0.2, -0.15) is 0 Å². The number of aliphatic carboxylic acids is 1. The summed E-state index contributed by atoms with van der Waals surface area (Å²) in [6.45, 7) is 0. The molecule has 5 rings (SSSR count). The first-order valence-electron chi connectivity index (χ1n) is 10.4. The normalized spacial score (nSPS) is 41.4. The predicted molar refractivity (Wildman–Crippen MR) is 94.5 cm³/mol. The van der Waals surface area contributed by atoms with Gasteiger partial charge in [-0.3, -0.25) is 4.79 Å².